The fourth-order valence-electron chi connectivity index (χ4n) is 0.700. The third-order valence-electron chi connectivity index (χ3n) is 1.42. The van der Waals surface area contributed by atoms with Gasteiger partial charge in [0.15, 0.2) is 0 Å². The first-order valence-corrected chi connectivity index (χ1v) is 4.02. The van der Waals surface area contributed by atoms with Gasteiger partial charge >= 0.3 is 6.98 Å². The number of pyridine rings is 1. The van der Waals surface area contributed by atoms with E-state index in [4.69, 9.17) is 0 Å². The zero-order valence-electron chi connectivity index (χ0n) is 6.19. The van der Waals surface area contributed by atoms with E-state index in [0.29, 0.717) is 10.2 Å². The Morgan fingerprint density at radius 3 is 2.42 bits per heavy atom. The summed E-state index contributed by atoms with van der Waals surface area (Å²) in [4.78, 5) is 3.59. The summed E-state index contributed by atoms with van der Waals surface area (Å²) in [7, 11) is 0. The molecule has 0 amide bonds. The summed E-state index contributed by atoms with van der Waals surface area (Å²) in [6.07, 6.45) is 0.847. The summed E-state index contributed by atoms with van der Waals surface area (Å²) in [6.45, 7) is -3.29. The third kappa shape index (κ3) is 2.00. The Kier molecular flexibility index (Phi) is 2.46. The van der Waals surface area contributed by atoms with Crippen molar-refractivity contribution in [2.45, 2.75) is 6.92 Å². The van der Waals surface area contributed by atoms with E-state index in [1.807, 2.05) is 0 Å². The zero-order chi connectivity index (χ0) is 9.35. The molecule has 1 nitrogen and oxygen atoms in total. The Labute approximate surface area is 76.2 Å². The standard InChI is InChI=1S/C6H5BBrF3N/c1-4-6(8)2-5(3-12-4)7(9,10)11/h2-3H,1H3/q-1. The van der Waals surface area contributed by atoms with E-state index in [2.05, 4.69) is 20.9 Å². The molecule has 1 aromatic rings. The van der Waals surface area contributed by atoms with Crippen molar-refractivity contribution < 1.29 is 12.9 Å². The van der Waals surface area contributed by atoms with Gasteiger partial charge in [-0.2, -0.15) is 0 Å². The van der Waals surface area contributed by atoms with Gasteiger partial charge in [0.2, 0.25) is 0 Å². The summed E-state index contributed by atoms with van der Waals surface area (Å²) < 4.78 is 36.7. The summed E-state index contributed by atoms with van der Waals surface area (Å²) >= 11 is 2.99. The van der Waals surface area contributed by atoms with Crippen LogP contribution in [0.1, 0.15) is 5.69 Å². The monoisotopic (exact) mass is 238 g/mol. The van der Waals surface area contributed by atoms with Crippen LogP contribution >= 0.6 is 15.9 Å². The molecular formula is C6H5BBrF3N-. The van der Waals surface area contributed by atoms with Gasteiger partial charge in [0.05, 0.1) is 5.69 Å². The Morgan fingerprint density at radius 1 is 1.42 bits per heavy atom. The van der Waals surface area contributed by atoms with E-state index in [1.165, 1.54) is 0 Å². The lowest BCUT2D eigenvalue weighted by Gasteiger charge is -2.14. The van der Waals surface area contributed by atoms with Gasteiger partial charge in [0.25, 0.3) is 0 Å². The van der Waals surface area contributed by atoms with Crippen molar-refractivity contribution in [2.24, 2.45) is 0 Å². The topological polar surface area (TPSA) is 12.9 Å². The second kappa shape index (κ2) is 3.09. The summed E-state index contributed by atoms with van der Waals surface area (Å²) in [5.74, 6) is 0. The summed E-state index contributed by atoms with van der Waals surface area (Å²) in [5.41, 5.74) is -0.119. The van der Waals surface area contributed by atoms with Gasteiger partial charge in [0.1, 0.15) is 0 Å². The fourth-order valence-corrected chi connectivity index (χ4v) is 1.07. The number of nitrogens with zero attached hydrogens (tertiary/aromatic N) is 1. The highest BCUT2D eigenvalue weighted by atomic mass is 79.9. The van der Waals surface area contributed by atoms with E-state index in [9.17, 15) is 12.9 Å². The van der Waals surface area contributed by atoms with Crippen LogP contribution in [0.25, 0.3) is 0 Å². The number of halogens is 4. The zero-order valence-corrected chi connectivity index (χ0v) is 7.78. The van der Waals surface area contributed by atoms with E-state index in [0.717, 1.165) is 12.3 Å². The minimum atomic E-state index is -4.93. The van der Waals surface area contributed by atoms with E-state index in [-0.39, 0.29) is 0 Å². The Morgan fingerprint density at radius 2 is 2.00 bits per heavy atom. The van der Waals surface area contributed by atoms with Crippen LogP contribution in [0.15, 0.2) is 16.7 Å². The van der Waals surface area contributed by atoms with E-state index >= 15 is 0 Å². The average molecular weight is 239 g/mol. The molecule has 0 saturated carbocycles. The molecular weight excluding hydrogens is 234 g/mol. The normalized spacial score (nSPS) is 11.8. The second-order valence-corrected chi connectivity index (χ2v) is 3.26. The summed E-state index contributed by atoms with van der Waals surface area (Å²) in [5, 5.41) is 0. The lowest BCUT2D eigenvalue weighted by molar-refractivity contribution is 0.500. The first kappa shape index (κ1) is 9.57. The molecule has 6 heteroatoms. The minimum absolute atomic E-state index is 0.388. The molecule has 1 aromatic heterocycles. The lowest BCUT2D eigenvalue weighted by Crippen LogP contribution is -2.34. The van der Waals surface area contributed by atoms with Crippen molar-refractivity contribution in [2.75, 3.05) is 0 Å². The predicted molar refractivity (Wildman–Crippen MR) is 45.4 cm³/mol. The largest absolute Gasteiger partial charge is 0.511 e. The molecule has 0 spiro atoms. The number of aromatic nitrogens is 1. The van der Waals surface area contributed by atoms with Crippen LogP contribution in [0.2, 0.25) is 0 Å². The predicted octanol–water partition coefficient (Wildman–Crippen LogP) is 2.21. The van der Waals surface area contributed by atoms with Crippen molar-refractivity contribution in [3.63, 3.8) is 0 Å². The highest BCUT2D eigenvalue weighted by molar-refractivity contribution is 9.10. The molecule has 0 bridgehead atoms. The maximum atomic E-state index is 12.1. The van der Waals surface area contributed by atoms with Gasteiger partial charge in [-0.05, 0) is 22.9 Å². The van der Waals surface area contributed by atoms with Gasteiger partial charge in [-0.1, -0.05) is 11.5 Å². The molecule has 0 aliphatic heterocycles. The van der Waals surface area contributed by atoms with E-state index < -0.39 is 12.4 Å². The van der Waals surface area contributed by atoms with Crippen molar-refractivity contribution in [3.8, 4) is 0 Å². The van der Waals surface area contributed by atoms with Gasteiger partial charge in [-0.15, -0.1) is 0 Å². The number of hydrogen-bond acceptors (Lipinski definition) is 1. The highest BCUT2D eigenvalue weighted by Gasteiger charge is 2.26. The molecule has 0 aliphatic rings. The van der Waals surface area contributed by atoms with Gasteiger partial charge in [-0.25, -0.2) is 0 Å². The molecule has 0 aliphatic carbocycles. The van der Waals surface area contributed by atoms with Crippen molar-refractivity contribution >= 4 is 28.4 Å². The summed E-state index contributed by atoms with van der Waals surface area (Å²) in [6, 6.07) is 1.04. The van der Waals surface area contributed by atoms with Gasteiger partial charge in [0, 0.05) is 10.7 Å². The SMILES string of the molecule is Cc1ncc([B-](F)(F)F)cc1Br. The molecule has 0 atom stereocenters. The van der Waals surface area contributed by atoms with E-state index in [1.54, 1.807) is 6.92 Å². The fraction of sp³-hybridized carbons (Fsp3) is 0.167. The van der Waals surface area contributed by atoms with Gasteiger partial charge in [-0.3, -0.25) is 4.98 Å². The first-order valence-electron chi connectivity index (χ1n) is 3.23. The van der Waals surface area contributed by atoms with Crippen LogP contribution in [-0.4, -0.2) is 12.0 Å². The average Bonchev–Trinajstić information content (AvgIpc) is 1.92. The molecule has 0 N–H and O–H groups in total. The van der Waals surface area contributed by atoms with Crippen molar-refractivity contribution in [1.29, 1.82) is 0 Å². The Bertz CT molecular complexity index is 299. The smallest absolute Gasteiger partial charge is 0.445 e. The van der Waals surface area contributed by atoms with Crippen LogP contribution in [-0.2, 0) is 0 Å². The molecule has 0 radical (unpaired) electrons. The minimum Gasteiger partial charge on any atom is -0.445 e. The molecule has 12 heavy (non-hydrogen) atoms. The maximum Gasteiger partial charge on any atom is 0.511 e. The Hall–Kier alpha value is -0.515. The molecule has 0 fully saturated rings. The van der Waals surface area contributed by atoms with Crippen LogP contribution in [0.3, 0.4) is 0 Å². The Balaban J connectivity index is 3.14. The third-order valence-corrected chi connectivity index (χ3v) is 2.23. The highest BCUT2D eigenvalue weighted by Crippen LogP contribution is 2.15. The number of rotatable bonds is 1. The van der Waals surface area contributed by atoms with Crippen molar-refractivity contribution in [1.82, 2.24) is 4.98 Å². The maximum absolute atomic E-state index is 12.1. The van der Waals surface area contributed by atoms with Crippen LogP contribution < -0.4 is 5.46 Å². The van der Waals surface area contributed by atoms with Crippen molar-refractivity contribution in [3.05, 3.63) is 22.4 Å². The first-order chi connectivity index (χ1) is 5.41. The van der Waals surface area contributed by atoms with Crippen LogP contribution in [0.5, 0.6) is 0 Å². The molecule has 66 valence electrons. The molecule has 0 aromatic carbocycles. The van der Waals surface area contributed by atoms with Crippen LogP contribution in [0, 0.1) is 6.92 Å². The number of hydrogen-bond donors (Lipinski definition) is 0. The lowest BCUT2D eigenvalue weighted by atomic mass is 9.81. The molecule has 1 heterocycles. The molecule has 1 rings (SSSR count). The quantitative estimate of drug-likeness (QED) is 0.684. The van der Waals surface area contributed by atoms with Crippen LogP contribution in [0.4, 0.5) is 12.9 Å². The number of aryl methyl sites for hydroxylation is 1. The van der Waals surface area contributed by atoms with Gasteiger partial charge < -0.3 is 12.9 Å². The second-order valence-electron chi connectivity index (χ2n) is 2.41. The molecule has 0 unspecified atom stereocenters. The molecule has 0 saturated heterocycles.